The van der Waals surface area contributed by atoms with Crippen molar-refractivity contribution in [3.05, 3.63) is 28.2 Å². The number of thioether (sulfide) groups is 1. The first kappa shape index (κ1) is 17.1. The smallest absolute Gasteiger partial charge is 0.253 e. The number of hydrogen-bond acceptors (Lipinski definition) is 4. The number of carbonyl (C=O) groups is 1. The van der Waals surface area contributed by atoms with Gasteiger partial charge >= 0.3 is 0 Å². The zero-order valence-electron chi connectivity index (χ0n) is 13.6. The first-order valence-corrected chi connectivity index (χ1v) is 10.1. The normalized spacial score (nSPS) is 25.1. The van der Waals surface area contributed by atoms with Crippen LogP contribution in [0.25, 0.3) is 0 Å². The van der Waals surface area contributed by atoms with Crippen LogP contribution < -0.4 is 4.74 Å². The molecule has 0 aromatic heterocycles. The first-order valence-electron chi connectivity index (χ1n) is 8.03. The van der Waals surface area contributed by atoms with Crippen molar-refractivity contribution in [2.24, 2.45) is 0 Å². The molecular formula is C17H23BrN2O2S. The topological polar surface area (TPSA) is 32.8 Å². The summed E-state index contributed by atoms with van der Waals surface area (Å²) in [7, 11) is 1.63. The van der Waals surface area contributed by atoms with Gasteiger partial charge in [0.2, 0.25) is 0 Å². The summed E-state index contributed by atoms with van der Waals surface area (Å²) in [6.07, 6.45) is 4.74. The highest BCUT2D eigenvalue weighted by Crippen LogP contribution is 2.30. The molecular weight excluding hydrogens is 376 g/mol. The van der Waals surface area contributed by atoms with Crippen LogP contribution >= 0.6 is 27.7 Å². The maximum atomic E-state index is 12.9. The zero-order chi connectivity index (χ0) is 16.4. The monoisotopic (exact) mass is 398 g/mol. The molecule has 2 unspecified atom stereocenters. The first-order chi connectivity index (χ1) is 11.1. The largest absolute Gasteiger partial charge is 0.496 e. The Labute approximate surface area is 150 Å². The predicted molar refractivity (Wildman–Crippen MR) is 98.5 cm³/mol. The van der Waals surface area contributed by atoms with E-state index in [0.29, 0.717) is 11.3 Å². The van der Waals surface area contributed by atoms with E-state index >= 15 is 0 Å². The van der Waals surface area contributed by atoms with Gasteiger partial charge in [-0.1, -0.05) is 0 Å². The minimum absolute atomic E-state index is 0.120. The van der Waals surface area contributed by atoms with Crippen molar-refractivity contribution < 1.29 is 9.53 Å². The Bertz CT molecular complexity index is 578. The summed E-state index contributed by atoms with van der Waals surface area (Å²) in [4.78, 5) is 17.4. The van der Waals surface area contributed by atoms with Gasteiger partial charge < -0.3 is 9.64 Å². The third kappa shape index (κ3) is 3.54. The van der Waals surface area contributed by atoms with E-state index < -0.39 is 0 Å². The molecule has 2 saturated heterocycles. The van der Waals surface area contributed by atoms with Crippen LogP contribution in [0.3, 0.4) is 0 Å². The van der Waals surface area contributed by atoms with Gasteiger partial charge in [-0.25, -0.2) is 0 Å². The van der Waals surface area contributed by atoms with Crippen LogP contribution in [-0.4, -0.2) is 66.5 Å². The SMILES string of the molecule is COc1ccc(C(=O)N2CC(SC)C(N3CCCC3)C2)cc1Br. The van der Waals surface area contributed by atoms with E-state index in [9.17, 15) is 4.79 Å². The lowest BCUT2D eigenvalue weighted by molar-refractivity contribution is 0.0780. The standard InChI is InChI=1S/C17H23BrN2O2S/c1-22-15-6-5-12(9-13(15)18)17(21)20-10-14(16(11-20)23-2)19-7-3-4-8-19/h5-6,9,14,16H,3-4,7-8,10-11H2,1-2H3. The Hall–Kier alpha value is -0.720. The van der Waals surface area contributed by atoms with E-state index in [2.05, 4.69) is 27.1 Å². The van der Waals surface area contributed by atoms with Gasteiger partial charge in [0.1, 0.15) is 5.75 Å². The predicted octanol–water partition coefficient (Wildman–Crippen LogP) is 3.11. The molecule has 0 bridgehead atoms. The summed E-state index contributed by atoms with van der Waals surface area (Å²) < 4.78 is 6.06. The Morgan fingerprint density at radius 3 is 2.65 bits per heavy atom. The summed E-state index contributed by atoms with van der Waals surface area (Å²) in [5.41, 5.74) is 0.722. The Balaban J connectivity index is 1.73. The van der Waals surface area contributed by atoms with E-state index in [4.69, 9.17) is 4.74 Å². The van der Waals surface area contributed by atoms with E-state index in [1.807, 2.05) is 34.9 Å². The molecule has 0 N–H and O–H groups in total. The molecule has 1 aromatic rings. The van der Waals surface area contributed by atoms with Crippen molar-refractivity contribution in [2.45, 2.75) is 24.1 Å². The van der Waals surface area contributed by atoms with Gasteiger partial charge in [-0.3, -0.25) is 9.69 Å². The number of likely N-dealkylation sites (tertiary alicyclic amines) is 2. The van der Waals surface area contributed by atoms with E-state index in [1.54, 1.807) is 7.11 Å². The maximum Gasteiger partial charge on any atom is 0.253 e. The lowest BCUT2D eigenvalue weighted by Gasteiger charge is -2.27. The minimum Gasteiger partial charge on any atom is -0.496 e. The van der Waals surface area contributed by atoms with Gasteiger partial charge in [-0.2, -0.15) is 11.8 Å². The highest BCUT2D eigenvalue weighted by atomic mass is 79.9. The van der Waals surface area contributed by atoms with Crippen molar-refractivity contribution in [3.63, 3.8) is 0 Å². The second kappa shape index (κ2) is 7.45. The van der Waals surface area contributed by atoms with Gasteiger partial charge in [0.25, 0.3) is 5.91 Å². The summed E-state index contributed by atoms with van der Waals surface area (Å²) >= 11 is 5.36. The lowest BCUT2D eigenvalue weighted by Crippen LogP contribution is -2.40. The average Bonchev–Trinajstić information content (AvgIpc) is 3.22. The van der Waals surface area contributed by atoms with Crippen molar-refractivity contribution in [1.29, 1.82) is 0 Å². The summed E-state index contributed by atoms with van der Waals surface area (Å²) in [5, 5.41) is 0.513. The second-order valence-electron chi connectivity index (χ2n) is 6.14. The number of rotatable bonds is 4. The molecule has 3 rings (SSSR count). The number of amides is 1. The molecule has 0 saturated carbocycles. The number of benzene rings is 1. The van der Waals surface area contributed by atoms with E-state index in [0.717, 1.165) is 28.9 Å². The van der Waals surface area contributed by atoms with Crippen LogP contribution in [0, 0.1) is 0 Å². The van der Waals surface area contributed by atoms with Crippen LogP contribution in [0.15, 0.2) is 22.7 Å². The molecule has 4 nitrogen and oxygen atoms in total. The molecule has 2 aliphatic heterocycles. The highest BCUT2D eigenvalue weighted by Gasteiger charge is 2.39. The summed E-state index contributed by atoms with van der Waals surface area (Å²) in [6.45, 7) is 4.04. The minimum atomic E-state index is 0.120. The van der Waals surface area contributed by atoms with Gasteiger partial charge in [-0.05, 0) is 66.3 Å². The highest BCUT2D eigenvalue weighted by molar-refractivity contribution is 9.10. The molecule has 23 heavy (non-hydrogen) atoms. The number of halogens is 1. The average molecular weight is 399 g/mol. The van der Waals surface area contributed by atoms with Crippen molar-refractivity contribution in [3.8, 4) is 5.75 Å². The van der Waals surface area contributed by atoms with Crippen molar-refractivity contribution in [1.82, 2.24) is 9.80 Å². The quantitative estimate of drug-likeness (QED) is 0.779. The Morgan fingerprint density at radius 1 is 1.30 bits per heavy atom. The molecule has 2 aliphatic rings. The summed E-state index contributed by atoms with van der Waals surface area (Å²) in [6, 6.07) is 6.05. The van der Waals surface area contributed by atoms with E-state index in [-0.39, 0.29) is 5.91 Å². The van der Waals surface area contributed by atoms with Crippen LogP contribution in [0.1, 0.15) is 23.2 Å². The van der Waals surface area contributed by atoms with Crippen LogP contribution in [0.4, 0.5) is 0 Å². The number of hydrogen-bond donors (Lipinski definition) is 0. The number of methoxy groups -OCH3 is 1. The fourth-order valence-electron chi connectivity index (χ4n) is 3.56. The Morgan fingerprint density at radius 2 is 2.04 bits per heavy atom. The van der Waals surface area contributed by atoms with Crippen LogP contribution in [0.2, 0.25) is 0 Å². The fourth-order valence-corrected chi connectivity index (χ4v) is 5.00. The Kier molecular flexibility index (Phi) is 5.54. The molecule has 2 heterocycles. The van der Waals surface area contributed by atoms with Gasteiger partial charge in [0, 0.05) is 29.9 Å². The number of carbonyl (C=O) groups excluding carboxylic acids is 1. The second-order valence-corrected chi connectivity index (χ2v) is 8.08. The summed E-state index contributed by atoms with van der Waals surface area (Å²) in [5.74, 6) is 0.869. The van der Waals surface area contributed by atoms with Gasteiger partial charge in [0.05, 0.1) is 11.6 Å². The van der Waals surface area contributed by atoms with Crippen molar-refractivity contribution >= 4 is 33.6 Å². The molecule has 6 heteroatoms. The molecule has 2 atom stereocenters. The fraction of sp³-hybridized carbons (Fsp3) is 0.588. The molecule has 126 valence electrons. The molecule has 0 spiro atoms. The number of ether oxygens (including phenoxy) is 1. The van der Waals surface area contributed by atoms with Crippen molar-refractivity contribution in [2.75, 3.05) is 39.5 Å². The molecule has 0 radical (unpaired) electrons. The molecule has 2 fully saturated rings. The third-order valence-corrected chi connectivity index (χ3v) is 6.52. The van der Waals surface area contributed by atoms with Crippen LogP contribution in [0.5, 0.6) is 5.75 Å². The maximum absolute atomic E-state index is 12.9. The zero-order valence-corrected chi connectivity index (χ0v) is 16.0. The third-order valence-electron chi connectivity index (χ3n) is 4.84. The lowest BCUT2D eigenvalue weighted by atomic mass is 10.2. The van der Waals surface area contributed by atoms with E-state index in [1.165, 1.54) is 25.9 Å². The van der Waals surface area contributed by atoms with Gasteiger partial charge in [-0.15, -0.1) is 0 Å². The molecule has 0 aliphatic carbocycles. The number of nitrogens with zero attached hydrogens (tertiary/aromatic N) is 2. The molecule has 1 amide bonds. The molecule has 1 aromatic carbocycles. The van der Waals surface area contributed by atoms with Gasteiger partial charge in [0.15, 0.2) is 0 Å². The van der Waals surface area contributed by atoms with Crippen LogP contribution in [-0.2, 0) is 0 Å².